The number of thiazole rings is 3. The lowest BCUT2D eigenvalue weighted by atomic mass is 10.1. The van der Waals surface area contributed by atoms with Gasteiger partial charge in [-0.15, -0.1) is 68.0 Å². The number of nitrogens with zero attached hydrogens (tertiary/aromatic N) is 5. The van der Waals surface area contributed by atoms with E-state index in [1.54, 1.807) is 51.9 Å². The van der Waals surface area contributed by atoms with Gasteiger partial charge in [-0.3, -0.25) is 41.8 Å². The van der Waals surface area contributed by atoms with Crippen LogP contribution in [-0.4, -0.2) is 151 Å². The summed E-state index contributed by atoms with van der Waals surface area (Å²) in [6, 6.07) is 38.4. The van der Waals surface area contributed by atoms with Crippen molar-refractivity contribution in [2.75, 3.05) is 56.5 Å². The van der Waals surface area contributed by atoms with Gasteiger partial charge in [0.15, 0.2) is 0 Å². The van der Waals surface area contributed by atoms with Crippen LogP contribution in [0.5, 0.6) is 5.75 Å². The van der Waals surface area contributed by atoms with Crippen LogP contribution in [0, 0.1) is 47.1 Å². The molecule has 0 aliphatic rings. The number of rotatable bonds is 14. The zero-order valence-electron chi connectivity index (χ0n) is 61.8. The molecule has 0 fully saturated rings. The van der Waals surface area contributed by atoms with Gasteiger partial charge in [0.1, 0.15) is 58.5 Å². The van der Waals surface area contributed by atoms with E-state index in [2.05, 4.69) is 45.4 Å². The number of hydrogen-bond donors (Lipinski definition) is 10. The number of carbonyl (C=O) groups excluding carboxylic acids is 4. The molecule has 0 radical (unpaired) electrons. The average molecular weight is 1560 g/mol. The Morgan fingerprint density at radius 1 is 0.528 bits per heavy atom. The van der Waals surface area contributed by atoms with E-state index >= 15 is 0 Å². The molecule has 33 heteroatoms. The number of non-ortho nitro benzene ring substituents is 1. The van der Waals surface area contributed by atoms with E-state index in [1.165, 1.54) is 83.8 Å². The van der Waals surface area contributed by atoms with Crippen molar-refractivity contribution < 1.29 is 62.9 Å². The summed E-state index contributed by atoms with van der Waals surface area (Å²) in [6.07, 6.45) is -2.28. The Hall–Kier alpha value is -10.8. The monoisotopic (exact) mass is 1560 g/mol. The highest BCUT2D eigenvalue weighted by Gasteiger charge is 2.27. The van der Waals surface area contributed by atoms with Crippen molar-refractivity contribution in [3.8, 4) is 71.2 Å². The number of alkyl carbamates (subject to hydrolysis) is 2. The highest BCUT2D eigenvalue weighted by atomic mass is 32.1. The number of thiophene rings is 3. The molecule has 0 saturated heterocycles. The fourth-order valence-electron chi connectivity index (χ4n) is 8.24. The number of carboxylic acids is 2. The summed E-state index contributed by atoms with van der Waals surface area (Å²) < 4.78 is 18.5. The normalized spacial score (nSPS) is 10.0. The van der Waals surface area contributed by atoms with Crippen molar-refractivity contribution in [2.24, 2.45) is 5.73 Å². The molecule has 106 heavy (non-hydrogen) atoms. The molecular weight excluding hydrogens is 1480 g/mol. The lowest BCUT2D eigenvalue weighted by molar-refractivity contribution is -0.384. The molecule has 0 saturated carbocycles. The maximum atomic E-state index is 12.6. The molecule has 0 atom stereocenters. The first kappa shape index (κ1) is 89.4. The number of nitrogens with one attached hydrogen (secondary N) is 7. The summed E-state index contributed by atoms with van der Waals surface area (Å²) in [5.41, 5.74) is 11.2. The number of aromatic nitrogens is 3. The summed E-state index contributed by atoms with van der Waals surface area (Å²) in [6.45, 7) is 18.9. The predicted octanol–water partition coefficient (Wildman–Crippen LogP) is 16.9. The van der Waals surface area contributed by atoms with Gasteiger partial charge in [-0.1, -0.05) is 119 Å². The number of ether oxygens (including phenoxy) is 4. The molecule has 6 heterocycles. The average Bonchev–Trinajstić information content (AvgIpc) is 1.65. The fourth-order valence-corrected chi connectivity index (χ4v) is 14.3. The number of amidine groups is 3. The largest absolute Gasteiger partial charge is 0.513 e. The van der Waals surface area contributed by atoms with Crippen molar-refractivity contribution >= 4 is 127 Å². The summed E-state index contributed by atoms with van der Waals surface area (Å²) in [5.74, 6) is -2.06. The third-order valence-electron chi connectivity index (χ3n) is 12.7. The number of carbonyl (C=O) groups is 6. The Balaban J connectivity index is 0.000000360. The third-order valence-corrected chi connectivity index (χ3v) is 19.1. The zero-order chi connectivity index (χ0) is 79.7. The Morgan fingerprint density at radius 3 is 1.16 bits per heavy atom. The molecule has 0 aliphatic heterocycles. The number of hydrogen-bond acceptors (Lipinski definition) is 26. The van der Waals surface area contributed by atoms with Gasteiger partial charge < -0.3 is 50.4 Å². The van der Waals surface area contributed by atoms with Crippen molar-refractivity contribution in [1.82, 2.24) is 41.1 Å². The van der Waals surface area contributed by atoms with Crippen LogP contribution in [-0.2, 0) is 14.2 Å². The predicted molar refractivity (Wildman–Crippen MR) is 427 cm³/mol. The quantitative estimate of drug-likeness (QED) is 0.00919. The van der Waals surface area contributed by atoms with Crippen molar-refractivity contribution in [3.63, 3.8) is 0 Å². The number of aromatic carboxylic acids is 2. The summed E-state index contributed by atoms with van der Waals surface area (Å²) in [4.78, 5) is 101. The maximum absolute atomic E-state index is 12.6. The molecule has 11 N–H and O–H groups in total. The first-order valence-corrected chi connectivity index (χ1v) is 36.9. The van der Waals surface area contributed by atoms with E-state index in [-0.39, 0.29) is 44.6 Å². The fraction of sp³-hybridized carbons (Fsp3) is 0.260. The van der Waals surface area contributed by atoms with Crippen LogP contribution >= 0.6 is 68.0 Å². The molecule has 10 aromatic rings. The van der Waals surface area contributed by atoms with Crippen molar-refractivity contribution in [3.05, 3.63) is 187 Å². The molecule has 10 rings (SSSR count). The first-order chi connectivity index (χ1) is 50.3. The van der Waals surface area contributed by atoms with E-state index in [0.29, 0.717) is 46.6 Å². The smallest absolute Gasteiger partial charge is 0.477 e. The van der Waals surface area contributed by atoms with E-state index in [1.807, 2.05) is 174 Å². The lowest BCUT2D eigenvalue weighted by Gasteiger charge is -2.19. The number of carboxylic acid groups (broad SMARTS) is 2. The minimum absolute atomic E-state index is 0.0452. The highest BCUT2D eigenvalue weighted by molar-refractivity contribution is 7.20. The van der Waals surface area contributed by atoms with E-state index in [0.717, 1.165) is 75.7 Å². The second-order valence-corrected chi connectivity index (χ2v) is 28.7. The third kappa shape index (κ3) is 26.7. The van der Waals surface area contributed by atoms with Crippen LogP contribution < -0.4 is 31.7 Å². The SMILES string of the molecule is CC.CC.CNC.CNC.COC(=O)NC(=N)c1cc(-c2nc(-c3ccccc3)c(C(=O)O)s2)c(C)s1.COC(=O)Oc1ccc([N+](=O)[O-])cc1.Cc1sc(C(=N)N)cc1-c1nc(-c2ccccc2)c(C(=O)N(C)C)s1.Cc1sc(C(=N)NC(=O)OC(C)(C)C)cc1-c1nc(-c2ccccc2)c(C(=O)O)s1. The number of nitrogen functional groups attached to an aromatic ring is 1. The van der Waals surface area contributed by atoms with Gasteiger partial charge >= 0.3 is 30.3 Å². The van der Waals surface area contributed by atoms with E-state index in [9.17, 15) is 49.1 Å². The number of nitro groups is 1. The Morgan fingerprint density at radius 2 is 0.858 bits per heavy atom. The van der Waals surface area contributed by atoms with Gasteiger partial charge in [0, 0.05) is 74.2 Å². The maximum Gasteiger partial charge on any atom is 0.513 e. The number of amides is 3. The van der Waals surface area contributed by atoms with E-state index in [4.69, 9.17) is 31.7 Å². The van der Waals surface area contributed by atoms with Crippen molar-refractivity contribution in [1.29, 1.82) is 16.2 Å². The Kier molecular flexibility index (Phi) is 37.2. The van der Waals surface area contributed by atoms with Crippen LogP contribution in [0.1, 0.15) is 107 Å². The number of benzene rings is 4. The molecular formula is C73H87N13O14S6. The van der Waals surface area contributed by atoms with Crippen LogP contribution in [0.3, 0.4) is 0 Å². The molecule has 0 aliphatic carbocycles. The second kappa shape index (κ2) is 44.1. The minimum atomic E-state index is -1.04. The molecule has 4 aromatic carbocycles. The van der Waals surface area contributed by atoms with E-state index < -0.39 is 40.8 Å². The van der Waals surface area contributed by atoms with Crippen LogP contribution in [0.25, 0.3) is 65.5 Å². The Labute approximate surface area is 639 Å². The van der Waals surface area contributed by atoms with Gasteiger partial charge in [-0.05, 0) is 100 Å². The highest BCUT2D eigenvalue weighted by Crippen LogP contribution is 2.42. The molecule has 0 bridgehead atoms. The van der Waals surface area contributed by atoms with Gasteiger partial charge in [-0.25, -0.2) is 38.9 Å². The van der Waals surface area contributed by atoms with Gasteiger partial charge in [0.05, 0.1) is 50.9 Å². The molecule has 3 amide bonds. The standard InChI is InChI=1S/C21H21N3O4S2.C18H18N4OS2.C18H15N3O4S2.C8H7NO5.2C2H7N.2C2H6/c1-11-13(10-14(29-11)17(22)24-20(27)28-21(2,3)4)18-23-15(16(30-18)19(25)26)12-8-6-5-7-9-12;1-10-12(9-13(24-10)16(19)20)17-21-14(11-7-5-4-6-8-11)15(25-17)18(23)22(2)3;1-9-11(8-12(26-9)15(19)21-18(24)25-2)16-20-13(14(27-16)17(22)23)10-6-4-3-5-7-10;1-13-8(10)14-7-4-2-6(3-5-7)9(11)12;2*1-3-2;2*1-2/h5-10H,1-4H3,(H,25,26)(H2,22,24,27);4-9H,1-3H3,(H3,19,20);3-8H,1-2H3,(H,22,23)(H2,19,21,24);2-5H,1H3;2*3H,1-2H3;2*1-2H3. The zero-order valence-corrected chi connectivity index (χ0v) is 66.7. The lowest BCUT2D eigenvalue weighted by Crippen LogP contribution is -2.36. The van der Waals surface area contributed by atoms with Crippen LogP contribution in [0.15, 0.2) is 133 Å². The molecule has 0 unspecified atom stereocenters. The molecule has 0 spiro atoms. The Bertz CT molecular complexity index is 4580. The molecule has 6 aromatic heterocycles. The summed E-state index contributed by atoms with van der Waals surface area (Å²) in [5, 5.41) is 65.3. The van der Waals surface area contributed by atoms with Crippen LogP contribution in [0.4, 0.5) is 20.1 Å². The molecule has 564 valence electrons. The van der Waals surface area contributed by atoms with Gasteiger partial charge in [0.2, 0.25) is 0 Å². The summed E-state index contributed by atoms with van der Waals surface area (Å²) >= 11 is 7.65. The van der Waals surface area contributed by atoms with Gasteiger partial charge in [-0.2, -0.15) is 0 Å². The van der Waals surface area contributed by atoms with Crippen molar-refractivity contribution in [2.45, 2.75) is 74.8 Å². The number of aryl methyl sites for hydroxylation is 3. The number of methoxy groups -OCH3 is 2. The first-order valence-electron chi connectivity index (χ1n) is 32.0. The minimum Gasteiger partial charge on any atom is -0.477 e. The second-order valence-electron chi connectivity index (χ2n) is 22.0. The summed E-state index contributed by atoms with van der Waals surface area (Å²) in [7, 11) is 13.4. The topological polar surface area (TPSA) is 411 Å². The van der Waals surface area contributed by atoms with Gasteiger partial charge in [0.25, 0.3) is 11.6 Å². The van der Waals surface area contributed by atoms with Crippen LogP contribution in [0.2, 0.25) is 0 Å². The number of nitro benzene ring substituents is 1. The molecule has 27 nitrogen and oxygen atoms in total. The number of nitrogens with two attached hydrogens (primary N) is 1.